The van der Waals surface area contributed by atoms with Gasteiger partial charge in [-0.2, -0.15) is 0 Å². The van der Waals surface area contributed by atoms with E-state index in [0.717, 1.165) is 5.56 Å². The summed E-state index contributed by atoms with van der Waals surface area (Å²) in [6.45, 7) is 4.42. The predicted molar refractivity (Wildman–Crippen MR) is 84.2 cm³/mol. The van der Waals surface area contributed by atoms with Crippen LogP contribution in [0.25, 0.3) is 11.0 Å². The number of anilines is 1. The number of rotatable bonds is 3. The number of hydrogen-bond acceptors (Lipinski definition) is 5. The molecule has 112 valence electrons. The van der Waals surface area contributed by atoms with Gasteiger partial charge in [-0.3, -0.25) is 4.79 Å². The minimum atomic E-state index is -0.530. The standard InChI is InChI=1S/C16H16N4O2/c1-10-5-3-4-6-12(10)8-17-13-7-14(21)20(22)16-15(13)11(2)18-9-19-16/h3-7,9,17,22H,8H2,1-2H3. The molecule has 6 nitrogen and oxygen atoms in total. The van der Waals surface area contributed by atoms with Gasteiger partial charge in [0.1, 0.15) is 6.33 Å². The Bertz CT molecular complexity index is 902. The molecule has 0 fully saturated rings. The average Bonchev–Trinajstić information content (AvgIpc) is 2.51. The van der Waals surface area contributed by atoms with Crippen molar-refractivity contribution in [3.63, 3.8) is 0 Å². The van der Waals surface area contributed by atoms with Crippen LogP contribution in [0.2, 0.25) is 0 Å². The fourth-order valence-corrected chi connectivity index (χ4v) is 2.44. The average molecular weight is 296 g/mol. The first-order valence-electron chi connectivity index (χ1n) is 6.93. The van der Waals surface area contributed by atoms with Crippen LogP contribution in [0.4, 0.5) is 5.69 Å². The number of nitrogens with zero attached hydrogens (tertiary/aromatic N) is 3. The summed E-state index contributed by atoms with van der Waals surface area (Å²) in [4.78, 5) is 20.0. The molecule has 2 N–H and O–H groups in total. The van der Waals surface area contributed by atoms with Crippen molar-refractivity contribution in [2.45, 2.75) is 20.4 Å². The molecule has 0 saturated carbocycles. The van der Waals surface area contributed by atoms with Crippen LogP contribution >= 0.6 is 0 Å². The molecule has 0 unspecified atom stereocenters. The van der Waals surface area contributed by atoms with Gasteiger partial charge in [0.2, 0.25) is 0 Å². The molecular formula is C16H16N4O2. The van der Waals surface area contributed by atoms with E-state index in [2.05, 4.69) is 15.3 Å². The van der Waals surface area contributed by atoms with E-state index < -0.39 is 5.56 Å². The van der Waals surface area contributed by atoms with Crippen molar-refractivity contribution >= 4 is 16.7 Å². The van der Waals surface area contributed by atoms with Gasteiger partial charge >= 0.3 is 0 Å². The monoisotopic (exact) mass is 296 g/mol. The Balaban J connectivity index is 2.06. The van der Waals surface area contributed by atoms with Gasteiger partial charge in [-0.1, -0.05) is 24.3 Å². The molecule has 0 spiro atoms. The number of aromatic nitrogens is 3. The highest BCUT2D eigenvalue weighted by Crippen LogP contribution is 2.22. The Morgan fingerprint density at radius 2 is 2.00 bits per heavy atom. The first-order valence-corrected chi connectivity index (χ1v) is 6.93. The number of fused-ring (bicyclic) bond motifs is 1. The van der Waals surface area contributed by atoms with Crippen LogP contribution in [-0.4, -0.2) is 19.9 Å². The van der Waals surface area contributed by atoms with E-state index in [1.807, 2.05) is 38.1 Å². The number of pyridine rings is 1. The largest absolute Gasteiger partial charge is 0.423 e. The smallest absolute Gasteiger partial charge is 0.286 e. The lowest BCUT2D eigenvalue weighted by Crippen LogP contribution is -2.20. The Morgan fingerprint density at radius 1 is 1.23 bits per heavy atom. The molecule has 0 aliphatic rings. The molecule has 2 aromatic heterocycles. The minimum absolute atomic E-state index is 0.201. The van der Waals surface area contributed by atoms with E-state index in [0.29, 0.717) is 28.0 Å². The quantitative estimate of drug-likeness (QED) is 0.725. The molecule has 0 aliphatic heterocycles. The number of nitrogens with one attached hydrogen (secondary N) is 1. The van der Waals surface area contributed by atoms with E-state index in [-0.39, 0.29) is 5.65 Å². The molecule has 6 heteroatoms. The van der Waals surface area contributed by atoms with Gasteiger partial charge in [-0.25, -0.2) is 9.97 Å². The zero-order valence-electron chi connectivity index (χ0n) is 12.4. The summed E-state index contributed by atoms with van der Waals surface area (Å²) in [5, 5.41) is 13.7. The van der Waals surface area contributed by atoms with E-state index in [1.165, 1.54) is 18.0 Å². The van der Waals surface area contributed by atoms with Crippen molar-refractivity contribution in [2.75, 3.05) is 5.32 Å². The lowest BCUT2D eigenvalue weighted by molar-refractivity contribution is 0.186. The lowest BCUT2D eigenvalue weighted by Gasteiger charge is -2.13. The maximum Gasteiger partial charge on any atom is 0.286 e. The molecular weight excluding hydrogens is 280 g/mol. The Kier molecular flexibility index (Phi) is 3.50. The fourth-order valence-electron chi connectivity index (χ4n) is 2.44. The first kappa shape index (κ1) is 14.1. The minimum Gasteiger partial charge on any atom is -0.423 e. The molecule has 0 amide bonds. The molecule has 22 heavy (non-hydrogen) atoms. The molecule has 3 rings (SSSR count). The summed E-state index contributed by atoms with van der Waals surface area (Å²) in [6, 6.07) is 9.38. The predicted octanol–water partition coefficient (Wildman–Crippen LogP) is 2.26. The van der Waals surface area contributed by atoms with Gasteiger partial charge in [0.15, 0.2) is 5.65 Å². The third-order valence-electron chi connectivity index (χ3n) is 3.69. The van der Waals surface area contributed by atoms with Gasteiger partial charge in [0.25, 0.3) is 5.56 Å². The zero-order chi connectivity index (χ0) is 15.7. The van der Waals surface area contributed by atoms with E-state index in [1.54, 1.807) is 0 Å². The second kappa shape index (κ2) is 5.48. The third kappa shape index (κ3) is 2.39. The van der Waals surface area contributed by atoms with Crippen molar-refractivity contribution in [1.29, 1.82) is 0 Å². The molecule has 3 aromatic rings. The summed E-state index contributed by atoms with van der Waals surface area (Å²) < 4.78 is 0.545. The van der Waals surface area contributed by atoms with E-state index in [9.17, 15) is 10.0 Å². The summed E-state index contributed by atoms with van der Waals surface area (Å²) in [5.74, 6) is 0. The van der Waals surface area contributed by atoms with Gasteiger partial charge in [-0.15, -0.1) is 4.73 Å². The molecule has 0 bridgehead atoms. The summed E-state index contributed by atoms with van der Waals surface area (Å²) in [5.41, 5.74) is 3.29. The van der Waals surface area contributed by atoms with Crippen molar-refractivity contribution < 1.29 is 5.21 Å². The second-order valence-corrected chi connectivity index (χ2v) is 5.15. The summed E-state index contributed by atoms with van der Waals surface area (Å²) in [6.07, 6.45) is 1.33. The highest BCUT2D eigenvalue weighted by atomic mass is 16.5. The SMILES string of the molecule is Cc1ccccc1CNc1cc(=O)n(O)c2ncnc(C)c12. The Hall–Kier alpha value is -2.89. The lowest BCUT2D eigenvalue weighted by atomic mass is 10.1. The van der Waals surface area contributed by atoms with Crippen molar-refractivity contribution in [3.8, 4) is 0 Å². The third-order valence-corrected chi connectivity index (χ3v) is 3.69. The number of hydrogen-bond donors (Lipinski definition) is 2. The fraction of sp³-hybridized carbons (Fsp3) is 0.188. The molecule has 0 radical (unpaired) electrons. The highest BCUT2D eigenvalue weighted by molar-refractivity contribution is 5.90. The normalized spacial score (nSPS) is 10.8. The van der Waals surface area contributed by atoms with Crippen LogP contribution in [0.1, 0.15) is 16.8 Å². The second-order valence-electron chi connectivity index (χ2n) is 5.15. The summed E-state index contributed by atoms with van der Waals surface area (Å²) in [7, 11) is 0. The Labute approximate surface area is 127 Å². The van der Waals surface area contributed by atoms with Crippen molar-refractivity contribution in [2.24, 2.45) is 0 Å². The van der Waals surface area contributed by atoms with Crippen molar-refractivity contribution in [1.82, 2.24) is 14.7 Å². The Morgan fingerprint density at radius 3 is 2.77 bits per heavy atom. The molecule has 0 saturated heterocycles. The van der Waals surface area contributed by atoms with E-state index >= 15 is 0 Å². The van der Waals surface area contributed by atoms with Crippen LogP contribution in [0, 0.1) is 13.8 Å². The van der Waals surface area contributed by atoms with Gasteiger partial charge in [-0.05, 0) is 25.0 Å². The maximum absolute atomic E-state index is 11.9. The molecule has 1 aromatic carbocycles. The first-order chi connectivity index (χ1) is 10.6. The van der Waals surface area contributed by atoms with Crippen LogP contribution in [0.15, 0.2) is 41.5 Å². The summed E-state index contributed by atoms with van der Waals surface area (Å²) >= 11 is 0. The van der Waals surface area contributed by atoms with Gasteiger partial charge in [0.05, 0.1) is 16.8 Å². The molecule has 2 heterocycles. The topological polar surface area (TPSA) is 80.0 Å². The number of benzene rings is 1. The number of aryl methyl sites for hydroxylation is 2. The van der Waals surface area contributed by atoms with Crippen molar-refractivity contribution in [3.05, 3.63) is 63.8 Å². The van der Waals surface area contributed by atoms with Crippen LogP contribution in [-0.2, 0) is 6.54 Å². The van der Waals surface area contributed by atoms with Crippen LogP contribution in [0.5, 0.6) is 0 Å². The molecule has 0 aliphatic carbocycles. The van der Waals surface area contributed by atoms with Crippen LogP contribution in [0.3, 0.4) is 0 Å². The zero-order valence-corrected chi connectivity index (χ0v) is 12.4. The van der Waals surface area contributed by atoms with Crippen LogP contribution < -0.4 is 10.9 Å². The highest BCUT2D eigenvalue weighted by Gasteiger charge is 2.12. The van der Waals surface area contributed by atoms with E-state index in [4.69, 9.17) is 0 Å². The molecule has 0 atom stereocenters. The van der Waals surface area contributed by atoms with Gasteiger partial charge < -0.3 is 10.5 Å². The maximum atomic E-state index is 11.9. The van der Waals surface area contributed by atoms with Gasteiger partial charge in [0, 0.05) is 12.6 Å².